The second-order valence-electron chi connectivity index (χ2n) is 5.05. The van der Waals surface area contributed by atoms with Crippen LogP contribution in [0, 0.1) is 18.8 Å². The van der Waals surface area contributed by atoms with Gasteiger partial charge in [-0.1, -0.05) is 11.6 Å². The van der Waals surface area contributed by atoms with Gasteiger partial charge in [0.05, 0.1) is 18.2 Å². The minimum Gasteiger partial charge on any atom is -0.481 e. The molecule has 0 saturated heterocycles. The zero-order valence-corrected chi connectivity index (χ0v) is 10.9. The van der Waals surface area contributed by atoms with Crippen molar-refractivity contribution in [3.8, 4) is 0 Å². The van der Waals surface area contributed by atoms with Crippen LogP contribution in [0.1, 0.15) is 37.1 Å². The van der Waals surface area contributed by atoms with Gasteiger partial charge >= 0.3 is 5.97 Å². The fourth-order valence-corrected chi connectivity index (χ4v) is 2.47. The highest BCUT2D eigenvalue weighted by Crippen LogP contribution is 2.29. The van der Waals surface area contributed by atoms with Crippen molar-refractivity contribution >= 4 is 11.9 Å². The summed E-state index contributed by atoms with van der Waals surface area (Å²) >= 11 is 0. The van der Waals surface area contributed by atoms with Crippen molar-refractivity contribution in [3.05, 3.63) is 17.5 Å². The summed E-state index contributed by atoms with van der Waals surface area (Å²) in [4.78, 5) is 22.9. The highest BCUT2D eigenvalue weighted by Gasteiger charge is 2.30. The number of carboxylic acid groups (broad SMARTS) is 1. The molecule has 0 radical (unpaired) electrons. The molecule has 2 N–H and O–H groups in total. The maximum absolute atomic E-state index is 12.0. The Bertz CT molecular complexity index is 469. The van der Waals surface area contributed by atoms with Crippen LogP contribution in [-0.4, -0.2) is 22.1 Å². The zero-order chi connectivity index (χ0) is 13.8. The Morgan fingerprint density at radius 1 is 1.47 bits per heavy atom. The van der Waals surface area contributed by atoms with E-state index in [1.165, 1.54) is 0 Å². The van der Waals surface area contributed by atoms with E-state index in [0.29, 0.717) is 25.1 Å². The van der Waals surface area contributed by atoms with E-state index in [2.05, 4.69) is 10.5 Å². The Morgan fingerprint density at radius 3 is 2.84 bits per heavy atom. The van der Waals surface area contributed by atoms with Crippen molar-refractivity contribution in [2.45, 2.75) is 39.2 Å². The summed E-state index contributed by atoms with van der Waals surface area (Å²) in [7, 11) is 0. The molecule has 0 aliphatic heterocycles. The third kappa shape index (κ3) is 3.56. The summed E-state index contributed by atoms with van der Waals surface area (Å²) in [6.07, 6.45) is 2.64. The third-order valence-corrected chi connectivity index (χ3v) is 3.51. The van der Waals surface area contributed by atoms with Crippen LogP contribution in [0.5, 0.6) is 0 Å². The molecule has 0 bridgehead atoms. The molecule has 2 unspecified atom stereocenters. The van der Waals surface area contributed by atoms with Gasteiger partial charge in [-0.2, -0.15) is 0 Å². The summed E-state index contributed by atoms with van der Waals surface area (Å²) in [6.45, 7) is 2.11. The van der Waals surface area contributed by atoms with E-state index in [1.807, 2.05) is 6.92 Å². The molecule has 1 aromatic heterocycles. The van der Waals surface area contributed by atoms with Gasteiger partial charge in [0.1, 0.15) is 0 Å². The number of carbonyl (C=O) groups excluding carboxylic acids is 1. The normalized spacial score (nSPS) is 23.0. The van der Waals surface area contributed by atoms with Crippen LogP contribution in [0.25, 0.3) is 0 Å². The lowest BCUT2D eigenvalue weighted by Crippen LogP contribution is -2.35. The fourth-order valence-electron chi connectivity index (χ4n) is 2.47. The summed E-state index contributed by atoms with van der Waals surface area (Å²) in [6, 6.07) is 1.77. The highest BCUT2D eigenvalue weighted by molar-refractivity contribution is 5.80. The molecule has 0 spiro atoms. The third-order valence-electron chi connectivity index (χ3n) is 3.51. The van der Waals surface area contributed by atoms with Gasteiger partial charge in [0, 0.05) is 12.0 Å². The molecule has 1 aliphatic carbocycles. The van der Waals surface area contributed by atoms with Crippen LogP contribution in [0.2, 0.25) is 0 Å². The van der Waals surface area contributed by atoms with Crippen LogP contribution < -0.4 is 5.32 Å². The quantitative estimate of drug-likeness (QED) is 0.861. The molecule has 104 valence electrons. The van der Waals surface area contributed by atoms with E-state index >= 15 is 0 Å². The number of carbonyl (C=O) groups is 2. The van der Waals surface area contributed by atoms with Crippen molar-refractivity contribution in [3.63, 3.8) is 0 Å². The molecule has 1 amide bonds. The van der Waals surface area contributed by atoms with E-state index in [9.17, 15) is 9.59 Å². The summed E-state index contributed by atoms with van der Waals surface area (Å²) in [5.74, 6) is -0.893. The molecular formula is C13H18N2O4. The molecule has 1 fully saturated rings. The fraction of sp³-hybridized carbons (Fsp3) is 0.615. The van der Waals surface area contributed by atoms with Crippen molar-refractivity contribution < 1.29 is 19.2 Å². The average molecular weight is 266 g/mol. The predicted octanol–water partition coefficient (Wildman–Crippen LogP) is 1.49. The Morgan fingerprint density at radius 2 is 2.21 bits per heavy atom. The lowest BCUT2D eigenvalue weighted by molar-refractivity contribution is -0.144. The van der Waals surface area contributed by atoms with Gasteiger partial charge in [-0.15, -0.1) is 0 Å². The molecule has 1 aliphatic rings. The number of amides is 1. The van der Waals surface area contributed by atoms with E-state index in [1.54, 1.807) is 6.07 Å². The number of aromatic nitrogens is 1. The first kappa shape index (κ1) is 13.6. The maximum atomic E-state index is 12.0. The smallest absolute Gasteiger partial charge is 0.306 e. The monoisotopic (exact) mass is 266 g/mol. The van der Waals surface area contributed by atoms with Gasteiger partial charge in [0.25, 0.3) is 0 Å². The molecule has 6 heteroatoms. The Kier molecular flexibility index (Phi) is 4.19. The van der Waals surface area contributed by atoms with E-state index < -0.39 is 11.9 Å². The molecule has 1 saturated carbocycles. The molecular weight excluding hydrogens is 248 g/mol. The van der Waals surface area contributed by atoms with Gasteiger partial charge in [-0.25, -0.2) is 0 Å². The van der Waals surface area contributed by atoms with Crippen LogP contribution in [0.4, 0.5) is 0 Å². The van der Waals surface area contributed by atoms with Gasteiger partial charge < -0.3 is 14.9 Å². The number of aryl methyl sites for hydroxylation is 1. The molecule has 0 aromatic carbocycles. The largest absolute Gasteiger partial charge is 0.481 e. The van der Waals surface area contributed by atoms with Crippen molar-refractivity contribution in [1.29, 1.82) is 0 Å². The van der Waals surface area contributed by atoms with Gasteiger partial charge in [-0.3, -0.25) is 9.59 Å². The average Bonchev–Trinajstić information content (AvgIpc) is 2.82. The number of aliphatic carboxylic acids is 1. The number of hydrogen-bond donors (Lipinski definition) is 2. The second-order valence-corrected chi connectivity index (χ2v) is 5.05. The standard InChI is InChI=1S/C13H18N2O4/c1-8-5-11(19-15-8)7-14-12(16)9-3-2-4-10(6-9)13(17)18/h5,9-10H,2-4,6-7H2,1H3,(H,14,16)(H,17,18). The molecule has 6 nitrogen and oxygen atoms in total. The first-order valence-electron chi connectivity index (χ1n) is 6.49. The van der Waals surface area contributed by atoms with E-state index in [4.69, 9.17) is 9.63 Å². The molecule has 1 heterocycles. The maximum Gasteiger partial charge on any atom is 0.306 e. The molecule has 19 heavy (non-hydrogen) atoms. The van der Waals surface area contributed by atoms with Crippen molar-refractivity contribution in [2.24, 2.45) is 11.8 Å². The first-order valence-corrected chi connectivity index (χ1v) is 6.49. The van der Waals surface area contributed by atoms with E-state index in [-0.39, 0.29) is 11.8 Å². The van der Waals surface area contributed by atoms with Crippen molar-refractivity contribution in [2.75, 3.05) is 0 Å². The topological polar surface area (TPSA) is 92.4 Å². The molecule has 2 atom stereocenters. The van der Waals surface area contributed by atoms with Gasteiger partial charge in [-0.05, 0) is 26.2 Å². The van der Waals surface area contributed by atoms with Gasteiger partial charge in [0.2, 0.25) is 5.91 Å². The Hall–Kier alpha value is -1.85. The van der Waals surface area contributed by atoms with Gasteiger partial charge in [0.15, 0.2) is 5.76 Å². The lowest BCUT2D eigenvalue weighted by atomic mass is 9.81. The predicted molar refractivity (Wildman–Crippen MR) is 66.2 cm³/mol. The molecule has 2 rings (SSSR count). The zero-order valence-electron chi connectivity index (χ0n) is 10.9. The number of nitrogens with one attached hydrogen (secondary N) is 1. The van der Waals surface area contributed by atoms with Crippen LogP contribution >= 0.6 is 0 Å². The Balaban J connectivity index is 1.84. The second kappa shape index (κ2) is 5.86. The van der Waals surface area contributed by atoms with Crippen LogP contribution in [0.3, 0.4) is 0 Å². The summed E-state index contributed by atoms with van der Waals surface area (Å²) < 4.78 is 5.00. The molecule has 1 aromatic rings. The number of rotatable bonds is 4. The van der Waals surface area contributed by atoms with Crippen LogP contribution in [0.15, 0.2) is 10.6 Å². The first-order chi connectivity index (χ1) is 9.06. The summed E-state index contributed by atoms with van der Waals surface area (Å²) in [5.41, 5.74) is 0.771. The number of carboxylic acids is 1. The van der Waals surface area contributed by atoms with Crippen LogP contribution in [-0.2, 0) is 16.1 Å². The van der Waals surface area contributed by atoms with Crippen molar-refractivity contribution in [1.82, 2.24) is 10.5 Å². The number of nitrogens with zero attached hydrogens (tertiary/aromatic N) is 1. The minimum atomic E-state index is -0.802. The van der Waals surface area contributed by atoms with E-state index in [0.717, 1.165) is 18.5 Å². The summed E-state index contributed by atoms with van der Waals surface area (Å²) in [5, 5.41) is 15.5. The lowest BCUT2D eigenvalue weighted by Gasteiger charge is -2.25. The number of hydrogen-bond acceptors (Lipinski definition) is 4. The SMILES string of the molecule is Cc1cc(CNC(=O)C2CCCC(C(=O)O)C2)on1. The Labute approximate surface area is 111 Å². The minimum absolute atomic E-state index is 0.0972. The highest BCUT2D eigenvalue weighted by atomic mass is 16.5.